The van der Waals surface area contributed by atoms with Crippen LogP contribution >= 0.6 is 0 Å². The van der Waals surface area contributed by atoms with Gasteiger partial charge in [0.15, 0.2) is 0 Å². The zero-order valence-corrected chi connectivity index (χ0v) is 13.5. The minimum absolute atomic E-state index is 0.123. The van der Waals surface area contributed by atoms with E-state index in [0.29, 0.717) is 19.0 Å². The van der Waals surface area contributed by atoms with E-state index < -0.39 is 0 Å². The highest BCUT2D eigenvalue weighted by Crippen LogP contribution is 2.18. The van der Waals surface area contributed by atoms with Crippen LogP contribution in [0.1, 0.15) is 19.2 Å². The molecule has 1 aliphatic heterocycles. The van der Waals surface area contributed by atoms with Gasteiger partial charge in [-0.3, -0.25) is 9.69 Å². The standard InChI is InChI=1S/C17H22N4O2/c1-13-11-19-17(22)7-9-20(13)12-16-18-8-10-21(16)14-3-5-15(23-2)6-4-14/h3-6,8,10,13H,7,9,11-12H2,1-2H3,(H,19,22)/t13-/m0/s1. The van der Waals surface area contributed by atoms with E-state index >= 15 is 0 Å². The highest BCUT2D eigenvalue weighted by Gasteiger charge is 2.21. The van der Waals surface area contributed by atoms with Crippen molar-refractivity contribution in [1.82, 2.24) is 19.8 Å². The lowest BCUT2D eigenvalue weighted by Crippen LogP contribution is -2.37. The topological polar surface area (TPSA) is 59.4 Å². The summed E-state index contributed by atoms with van der Waals surface area (Å²) < 4.78 is 7.28. The van der Waals surface area contributed by atoms with Gasteiger partial charge in [0, 0.05) is 43.6 Å². The number of hydrogen-bond acceptors (Lipinski definition) is 4. The molecule has 1 aromatic carbocycles. The predicted molar refractivity (Wildman–Crippen MR) is 87.6 cm³/mol. The summed E-state index contributed by atoms with van der Waals surface area (Å²) in [5.41, 5.74) is 1.05. The highest BCUT2D eigenvalue weighted by atomic mass is 16.5. The fourth-order valence-corrected chi connectivity index (χ4v) is 2.79. The third-order valence-corrected chi connectivity index (χ3v) is 4.26. The Morgan fingerprint density at radius 2 is 2.13 bits per heavy atom. The molecule has 0 bridgehead atoms. The maximum Gasteiger partial charge on any atom is 0.221 e. The number of hydrogen-bond donors (Lipinski definition) is 1. The number of rotatable bonds is 4. The lowest BCUT2D eigenvalue weighted by Gasteiger charge is -2.26. The average Bonchev–Trinajstić information content (AvgIpc) is 2.98. The van der Waals surface area contributed by atoms with E-state index in [0.717, 1.165) is 30.4 Å². The smallest absolute Gasteiger partial charge is 0.221 e. The summed E-state index contributed by atoms with van der Waals surface area (Å²) in [6.45, 7) is 4.28. The van der Waals surface area contributed by atoms with Gasteiger partial charge in [0.2, 0.25) is 5.91 Å². The third kappa shape index (κ3) is 3.53. The van der Waals surface area contributed by atoms with Crippen LogP contribution in [0.3, 0.4) is 0 Å². The first-order chi connectivity index (χ1) is 11.2. The molecule has 3 rings (SSSR count). The zero-order valence-electron chi connectivity index (χ0n) is 13.5. The second kappa shape index (κ2) is 6.83. The van der Waals surface area contributed by atoms with Gasteiger partial charge in [-0.2, -0.15) is 0 Å². The van der Waals surface area contributed by atoms with Gasteiger partial charge in [-0.15, -0.1) is 0 Å². The van der Waals surface area contributed by atoms with Crippen molar-refractivity contribution in [3.8, 4) is 11.4 Å². The molecule has 0 aliphatic carbocycles. The van der Waals surface area contributed by atoms with Gasteiger partial charge in [-0.25, -0.2) is 4.98 Å². The number of aromatic nitrogens is 2. The maximum absolute atomic E-state index is 11.6. The van der Waals surface area contributed by atoms with E-state index in [1.807, 2.05) is 36.7 Å². The number of methoxy groups -OCH3 is 1. The number of carbonyl (C=O) groups excluding carboxylic acids is 1. The van der Waals surface area contributed by atoms with E-state index in [-0.39, 0.29) is 5.91 Å². The number of nitrogens with one attached hydrogen (secondary N) is 1. The average molecular weight is 314 g/mol. The summed E-state index contributed by atoms with van der Waals surface area (Å²) in [4.78, 5) is 18.3. The van der Waals surface area contributed by atoms with Crippen LogP contribution in [0, 0.1) is 0 Å². The molecule has 1 saturated heterocycles. The minimum Gasteiger partial charge on any atom is -0.497 e. The van der Waals surface area contributed by atoms with E-state index in [4.69, 9.17) is 4.74 Å². The Kier molecular flexibility index (Phi) is 4.62. The van der Waals surface area contributed by atoms with Gasteiger partial charge in [0.05, 0.1) is 13.7 Å². The molecule has 6 heteroatoms. The van der Waals surface area contributed by atoms with Crippen LogP contribution in [0.4, 0.5) is 0 Å². The first-order valence-corrected chi connectivity index (χ1v) is 7.85. The summed E-state index contributed by atoms with van der Waals surface area (Å²) in [6, 6.07) is 8.21. The van der Waals surface area contributed by atoms with Crippen LogP contribution in [-0.2, 0) is 11.3 Å². The van der Waals surface area contributed by atoms with Crippen LogP contribution in [0.5, 0.6) is 5.75 Å². The van der Waals surface area contributed by atoms with Crippen LogP contribution < -0.4 is 10.1 Å². The number of benzene rings is 1. The molecule has 2 aromatic rings. The number of imidazole rings is 1. The normalized spacial score (nSPS) is 19.2. The van der Waals surface area contributed by atoms with Crippen LogP contribution in [0.25, 0.3) is 5.69 Å². The van der Waals surface area contributed by atoms with Gasteiger partial charge in [-0.05, 0) is 31.2 Å². The van der Waals surface area contributed by atoms with Crippen LogP contribution in [0.15, 0.2) is 36.7 Å². The Hall–Kier alpha value is -2.34. The largest absolute Gasteiger partial charge is 0.497 e. The molecule has 0 radical (unpaired) electrons. The zero-order chi connectivity index (χ0) is 16.2. The maximum atomic E-state index is 11.6. The van der Waals surface area contributed by atoms with E-state index in [1.54, 1.807) is 7.11 Å². The highest BCUT2D eigenvalue weighted by molar-refractivity contribution is 5.76. The first kappa shape index (κ1) is 15.6. The summed E-state index contributed by atoms with van der Waals surface area (Å²) in [5, 5.41) is 2.94. The summed E-state index contributed by atoms with van der Waals surface area (Å²) in [6.07, 6.45) is 4.31. The molecule has 23 heavy (non-hydrogen) atoms. The molecular formula is C17H22N4O2. The molecule has 1 amide bonds. The molecule has 0 unspecified atom stereocenters. The van der Waals surface area contributed by atoms with Gasteiger partial charge in [0.25, 0.3) is 0 Å². The molecule has 1 fully saturated rings. The van der Waals surface area contributed by atoms with Crippen LogP contribution in [-0.4, -0.2) is 46.6 Å². The van der Waals surface area contributed by atoms with Crippen LogP contribution in [0.2, 0.25) is 0 Å². The Labute approximate surface area is 136 Å². The van der Waals surface area contributed by atoms with E-state index in [1.165, 1.54) is 0 Å². The minimum atomic E-state index is 0.123. The third-order valence-electron chi connectivity index (χ3n) is 4.26. The molecule has 2 heterocycles. The number of carbonyl (C=O) groups is 1. The van der Waals surface area contributed by atoms with Gasteiger partial charge in [0.1, 0.15) is 11.6 Å². The Morgan fingerprint density at radius 1 is 1.35 bits per heavy atom. The molecule has 1 aliphatic rings. The van der Waals surface area contributed by atoms with Gasteiger partial charge in [-0.1, -0.05) is 0 Å². The van der Waals surface area contributed by atoms with Gasteiger partial charge >= 0.3 is 0 Å². The Bertz CT molecular complexity index is 665. The lowest BCUT2D eigenvalue weighted by atomic mass is 10.2. The van der Waals surface area contributed by atoms with Crippen molar-refractivity contribution in [2.24, 2.45) is 0 Å². The fraction of sp³-hybridized carbons (Fsp3) is 0.412. The molecule has 0 saturated carbocycles. The second-order valence-electron chi connectivity index (χ2n) is 5.79. The summed E-state index contributed by atoms with van der Waals surface area (Å²) in [5.74, 6) is 1.93. The number of ether oxygens (including phenoxy) is 1. The Balaban J connectivity index is 1.78. The molecule has 1 aromatic heterocycles. The van der Waals surface area contributed by atoms with Crippen molar-refractivity contribution in [3.63, 3.8) is 0 Å². The van der Waals surface area contributed by atoms with Crippen molar-refractivity contribution in [2.75, 3.05) is 20.2 Å². The second-order valence-corrected chi connectivity index (χ2v) is 5.79. The summed E-state index contributed by atoms with van der Waals surface area (Å²) in [7, 11) is 1.66. The fourth-order valence-electron chi connectivity index (χ4n) is 2.79. The van der Waals surface area contributed by atoms with Crippen molar-refractivity contribution >= 4 is 5.91 Å². The van der Waals surface area contributed by atoms with Gasteiger partial charge < -0.3 is 14.6 Å². The van der Waals surface area contributed by atoms with E-state index in [9.17, 15) is 4.79 Å². The number of nitrogens with zero attached hydrogens (tertiary/aromatic N) is 3. The molecule has 122 valence electrons. The number of amides is 1. The van der Waals surface area contributed by atoms with Crippen molar-refractivity contribution in [1.29, 1.82) is 0 Å². The van der Waals surface area contributed by atoms with Crippen molar-refractivity contribution in [3.05, 3.63) is 42.5 Å². The van der Waals surface area contributed by atoms with E-state index in [2.05, 4.69) is 26.7 Å². The van der Waals surface area contributed by atoms with Crippen molar-refractivity contribution < 1.29 is 9.53 Å². The summed E-state index contributed by atoms with van der Waals surface area (Å²) >= 11 is 0. The first-order valence-electron chi connectivity index (χ1n) is 7.85. The van der Waals surface area contributed by atoms with Crippen molar-refractivity contribution in [2.45, 2.75) is 25.9 Å². The molecular weight excluding hydrogens is 292 g/mol. The molecule has 1 N–H and O–H groups in total. The lowest BCUT2D eigenvalue weighted by molar-refractivity contribution is -0.120. The quantitative estimate of drug-likeness (QED) is 0.931. The Morgan fingerprint density at radius 3 is 2.87 bits per heavy atom. The molecule has 6 nitrogen and oxygen atoms in total. The SMILES string of the molecule is COc1ccc(-n2ccnc2CN2CCC(=O)NC[C@@H]2C)cc1. The predicted octanol–water partition coefficient (Wildman–Crippen LogP) is 1.59. The molecule has 0 spiro atoms. The monoisotopic (exact) mass is 314 g/mol. The molecule has 1 atom stereocenters.